The van der Waals surface area contributed by atoms with Crippen molar-refractivity contribution in [2.75, 3.05) is 30.4 Å². The number of fused-ring (bicyclic) bond motifs is 3. The van der Waals surface area contributed by atoms with Gasteiger partial charge in [-0.25, -0.2) is 0 Å². The summed E-state index contributed by atoms with van der Waals surface area (Å²) in [5.41, 5.74) is 3.17. The molecule has 0 aromatic heterocycles. The summed E-state index contributed by atoms with van der Waals surface area (Å²) in [6, 6.07) is 14.3. The summed E-state index contributed by atoms with van der Waals surface area (Å²) in [6.45, 7) is 3.23. The first-order chi connectivity index (χ1) is 13.9. The summed E-state index contributed by atoms with van der Waals surface area (Å²) in [6.07, 6.45) is 6.04. The van der Waals surface area contributed by atoms with Crippen LogP contribution in [0.3, 0.4) is 0 Å². The zero-order chi connectivity index (χ0) is 20.6. The second kappa shape index (κ2) is 8.17. The first-order valence-electron chi connectivity index (χ1n) is 9.60. The molecule has 2 aliphatic rings. The molecule has 2 N–H and O–H groups in total. The zero-order valence-corrected chi connectivity index (χ0v) is 19.6. The van der Waals surface area contributed by atoms with E-state index in [1.807, 2.05) is 24.3 Å². The maximum Gasteiger partial charge on any atom is 0.141 e. The van der Waals surface area contributed by atoms with Gasteiger partial charge in [-0.3, -0.25) is 0 Å². The predicted molar refractivity (Wildman–Crippen MR) is 126 cm³/mol. The van der Waals surface area contributed by atoms with Gasteiger partial charge >= 0.3 is 0 Å². The average Bonchev–Trinajstić information content (AvgIpc) is 2.93. The largest absolute Gasteiger partial charge is 0.495 e. The maximum absolute atomic E-state index is 10.8. The molecule has 4 rings (SSSR count). The van der Waals surface area contributed by atoms with Gasteiger partial charge in [-0.2, -0.15) is 0 Å². The fraction of sp³-hybridized carbons (Fsp3) is 0.304. The van der Waals surface area contributed by atoms with Crippen molar-refractivity contribution in [1.82, 2.24) is 0 Å². The monoisotopic (exact) mass is 518 g/mol. The standard InChI is InChI=1S/C23H24Br2N2O2/c1-23-12-16(25)8-10-22(23)27(20-9-7-15(24)11-18(20)23)14-17(28)13-26-19-5-3-4-6-21(19)29-2/h3-12,17,22,26,28H,13-14H2,1-2H3. The van der Waals surface area contributed by atoms with Crippen LogP contribution < -0.4 is 15.0 Å². The van der Waals surface area contributed by atoms with Gasteiger partial charge in [0, 0.05) is 33.1 Å². The van der Waals surface area contributed by atoms with E-state index in [0.717, 1.165) is 20.4 Å². The van der Waals surface area contributed by atoms with E-state index in [1.165, 1.54) is 11.3 Å². The Morgan fingerprint density at radius 3 is 2.83 bits per heavy atom. The fourth-order valence-corrected chi connectivity index (χ4v) is 5.32. The first kappa shape index (κ1) is 20.5. The van der Waals surface area contributed by atoms with Crippen LogP contribution >= 0.6 is 31.9 Å². The molecule has 1 aliphatic carbocycles. The third-order valence-corrected chi connectivity index (χ3v) is 6.70. The van der Waals surface area contributed by atoms with Crippen molar-refractivity contribution in [2.24, 2.45) is 0 Å². The predicted octanol–water partition coefficient (Wildman–Crippen LogP) is 5.23. The molecule has 1 heterocycles. The molecule has 4 nitrogen and oxygen atoms in total. The van der Waals surface area contributed by atoms with Gasteiger partial charge < -0.3 is 20.1 Å². The van der Waals surface area contributed by atoms with Crippen LogP contribution in [-0.2, 0) is 5.41 Å². The number of anilines is 2. The highest BCUT2D eigenvalue weighted by Crippen LogP contribution is 2.50. The molecule has 2 aromatic carbocycles. The molecule has 29 heavy (non-hydrogen) atoms. The SMILES string of the molecule is COc1ccccc1NCC(O)CN1c2ccc(Br)cc2C2(C)C=C(Br)C=CC12. The lowest BCUT2D eigenvalue weighted by molar-refractivity contribution is 0.190. The van der Waals surface area contributed by atoms with Crippen LogP contribution in [0.15, 0.2) is 69.6 Å². The number of hydrogen-bond acceptors (Lipinski definition) is 4. The number of aliphatic hydroxyl groups is 1. The number of rotatable bonds is 6. The lowest BCUT2D eigenvalue weighted by Gasteiger charge is -2.36. The Hall–Kier alpha value is -1.76. The molecule has 0 saturated carbocycles. The highest BCUT2D eigenvalue weighted by atomic mass is 79.9. The molecule has 3 atom stereocenters. The fourth-order valence-electron chi connectivity index (χ4n) is 4.33. The normalized spacial score (nSPS) is 23.3. The van der Waals surface area contributed by atoms with Crippen LogP contribution in [0.1, 0.15) is 12.5 Å². The van der Waals surface area contributed by atoms with E-state index in [9.17, 15) is 5.11 Å². The highest BCUT2D eigenvalue weighted by Gasteiger charge is 2.46. The number of halogens is 2. The number of nitrogens with one attached hydrogen (secondary N) is 1. The molecular formula is C23H24Br2N2O2. The minimum absolute atomic E-state index is 0.150. The van der Waals surface area contributed by atoms with Crippen molar-refractivity contribution in [3.05, 3.63) is 75.2 Å². The van der Waals surface area contributed by atoms with Crippen LogP contribution in [-0.4, -0.2) is 37.5 Å². The number of allylic oxidation sites excluding steroid dienone is 2. The van der Waals surface area contributed by atoms with Crippen LogP contribution in [0.25, 0.3) is 0 Å². The van der Waals surface area contributed by atoms with E-state index in [0.29, 0.717) is 13.1 Å². The number of ether oxygens (including phenoxy) is 1. The molecule has 0 fully saturated rings. The Balaban J connectivity index is 1.55. The third-order valence-electron chi connectivity index (χ3n) is 5.72. The molecular weight excluding hydrogens is 496 g/mol. The van der Waals surface area contributed by atoms with Crippen molar-refractivity contribution in [3.63, 3.8) is 0 Å². The number of benzene rings is 2. The van der Waals surface area contributed by atoms with E-state index in [-0.39, 0.29) is 11.5 Å². The number of β-amino-alcohol motifs (C(OH)–C–C–N with tert-alkyl or cyclic N) is 1. The first-order valence-corrected chi connectivity index (χ1v) is 11.2. The molecule has 0 bridgehead atoms. The van der Waals surface area contributed by atoms with Crippen LogP contribution in [0.5, 0.6) is 5.75 Å². The van der Waals surface area contributed by atoms with Gasteiger partial charge in [-0.05, 0) is 42.8 Å². The van der Waals surface area contributed by atoms with E-state index in [4.69, 9.17) is 4.74 Å². The van der Waals surface area contributed by atoms with Crippen molar-refractivity contribution in [1.29, 1.82) is 0 Å². The van der Waals surface area contributed by atoms with Gasteiger partial charge in [0.25, 0.3) is 0 Å². The number of methoxy groups -OCH3 is 1. The Kier molecular flexibility index (Phi) is 5.78. The molecule has 0 spiro atoms. The highest BCUT2D eigenvalue weighted by molar-refractivity contribution is 9.12. The molecule has 2 aromatic rings. The van der Waals surface area contributed by atoms with E-state index >= 15 is 0 Å². The maximum atomic E-state index is 10.8. The number of aliphatic hydroxyl groups excluding tert-OH is 1. The van der Waals surface area contributed by atoms with Gasteiger partial charge in [0.05, 0.1) is 24.9 Å². The summed E-state index contributed by atoms with van der Waals surface area (Å²) in [5.74, 6) is 0.772. The average molecular weight is 520 g/mol. The van der Waals surface area contributed by atoms with Crippen molar-refractivity contribution >= 4 is 43.2 Å². The minimum atomic E-state index is -0.540. The van der Waals surface area contributed by atoms with Gasteiger partial charge in [0.1, 0.15) is 5.75 Å². The van der Waals surface area contributed by atoms with Crippen LogP contribution in [0.2, 0.25) is 0 Å². The smallest absolute Gasteiger partial charge is 0.141 e. The molecule has 152 valence electrons. The Bertz CT molecular complexity index is 975. The Labute approximate surface area is 188 Å². The lowest BCUT2D eigenvalue weighted by atomic mass is 9.76. The zero-order valence-electron chi connectivity index (χ0n) is 16.4. The third kappa shape index (κ3) is 3.86. The number of hydrogen-bond donors (Lipinski definition) is 2. The minimum Gasteiger partial charge on any atom is -0.495 e. The van der Waals surface area contributed by atoms with Crippen molar-refractivity contribution < 1.29 is 9.84 Å². The van der Waals surface area contributed by atoms with Gasteiger partial charge in [0.15, 0.2) is 0 Å². The van der Waals surface area contributed by atoms with E-state index in [2.05, 4.69) is 85.4 Å². The van der Waals surface area contributed by atoms with Crippen LogP contribution in [0, 0.1) is 0 Å². The molecule has 0 saturated heterocycles. The summed E-state index contributed by atoms with van der Waals surface area (Å²) in [5, 5.41) is 14.2. The summed E-state index contributed by atoms with van der Waals surface area (Å²) in [7, 11) is 1.65. The molecule has 3 unspecified atom stereocenters. The van der Waals surface area contributed by atoms with E-state index in [1.54, 1.807) is 7.11 Å². The summed E-state index contributed by atoms with van der Waals surface area (Å²) in [4.78, 5) is 2.31. The van der Waals surface area contributed by atoms with Gasteiger partial charge in [-0.15, -0.1) is 0 Å². The second-order valence-corrected chi connectivity index (χ2v) is 9.50. The summed E-state index contributed by atoms with van der Waals surface area (Å²) < 4.78 is 7.53. The quantitative estimate of drug-likeness (QED) is 0.548. The molecule has 0 radical (unpaired) electrons. The van der Waals surface area contributed by atoms with Gasteiger partial charge in [-0.1, -0.05) is 62.2 Å². The molecule has 6 heteroatoms. The van der Waals surface area contributed by atoms with Crippen LogP contribution in [0.4, 0.5) is 11.4 Å². The number of nitrogens with zero attached hydrogens (tertiary/aromatic N) is 1. The number of para-hydroxylation sites is 2. The van der Waals surface area contributed by atoms with Gasteiger partial charge in [0.2, 0.25) is 0 Å². The van der Waals surface area contributed by atoms with Crippen molar-refractivity contribution in [3.8, 4) is 5.75 Å². The second-order valence-electron chi connectivity index (χ2n) is 7.66. The molecule has 1 aliphatic heterocycles. The lowest BCUT2D eigenvalue weighted by Crippen LogP contribution is -2.46. The topological polar surface area (TPSA) is 44.7 Å². The summed E-state index contributed by atoms with van der Waals surface area (Å²) >= 11 is 7.25. The van der Waals surface area contributed by atoms with E-state index < -0.39 is 6.10 Å². The molecule has 0 amide bonds. The Morgan fingerprint density at radius 1 is 1.24 bits per heavy atom. The Morgan fingerprint density at radius 2 is 2.03 bits per heavy atom. The van der Waals surface area contributed by atoms with Crippen molar-refractivity contribution in [2.45, 2.75) is 24.5 Å².